The zero-order valence-electron chi connectivity index (χ0n) is 10.8. The zero-order chi connectivity index (χ0) is 15.1. The summed E-state index contributed by atoms with van der Waals surface area (Å²) in [6, 6.07) is 6.44. The van der Waals surface area contributed by atoms with Crippen molar-refractivity contribution in [2.45, 2.75) is 13.3 Å². The number of nitriles is 1. The Balaban J connectivity index is 2.55. The van der Waals surface area contributed by atoms with E-state index in [1.54, 1.807) is 25.1 Å². The highest BCUT2D eigenvalue weighted by Crippen LogP contribution is 2.20. The molecule has 1 aromatic carbocycles. The van der Waals surface area contributed by atoms with Gasteiger partial charge in [0.15, 0.2) is 0 Å². The Labute approximate surface area is 124 Å². The lowest BCUT2D eigenvalue weighted by molar-refractivity contribution is -0.137. The summed E-state index contributed by atoms with van der Waals surface area (Å²) in [6.07, 6.45) is -0.0119. The SMILES string of the molecule is CC(CNC(=O)Nc1ccc(Br)cc1C#N)CC(=O)O. The Morgan fingerprint density at radius 3 is 2.80 bits per heavy atom. The number of nitrogens with zero attached hydrogens (tertiary/aromatic N) is 1. The number of carbonyl (C=O) groups is 2. The fraction of sp³-hybridized carbons (Fsp3) is 0.308. The molecule has 0 aromatic heterocycles. The Bertz CT molecular complexity index is 554. The molecule has 0 saturated heterocycles. The van der Waals surface area contributed by atoms with Crippen LogP contribution >= 0.6 is 15.9 Å². The van der Waals surface area contributed by atoms with E-state index in [9.17, 15) is 9.59 Å². The normalized spacial score (nSPS) is 11.2. The van der Waals surface area contributed by atoms with Crippen molar-refractivity contribution in [3.63, 3.8) is 0 Å². The average molecular weight is 340 g/mol. The third-order valence-electron chi connectivity index (χ3n) is 2.48. The topological polar surface area (TPSA) is 102 Å². The number of hydrogen-bond donors (Lipinski definition) is 3. The lowest BCUT2D eigenvalue weighted by Crippen LogP contribution is -2.33. The van der Waals surface area contributed by atoms with Crippen LogP contribution in [0.1, 0.15) is 18.9 Å². The first-order valence-corrected chi connectivity index (χ1v) is 6.68. The number of nitrogens with one attached hydrogen (secondary N) is 2. The molecule has 6 nitrogen and oxygen atoms in total. The number of hydrogen-bond acceptors (Lipinski definition) is 3. The molecule has 0 heterocycles. The zero-order valence-corrected chi connectivity index (χ0v) is 12.4. The van der Waals surface area contributed by atoms with Crippen molar-refractivity contribution in [1.29, 1.82) is 5.26 Å². The van der Waals surface area contributed by atoms with Gasteiger partial charge >= 0.3 is 12.0 Å². The van der Waals surface area contributed by atoms with Gasteiger partial charge in [0.2, 0.25) is 0 Å². The highest BCUT2D eigenvalue weighted by Gasteiger charge is 2.10. The molecule has 1 aromatic rings. The predicted molar refractivity (Wildman–Crippen MR) is 77.3 cm³/mol. The van der Waals surface area contributed by atoms with E-state index in [-0.39, 0.29) is 18.9 Å². The van der Waals surface area contributed by atoms with E-state index in [0.717, 1.165) is 4.47 Å². The van der Waals surface area contributed by atoms with E-state index in [1.807, 2.05) is 6.07 Å². The van der Waals surface area contributed by atoms with E-state index in [1.165, 1.54) is 0 Å². The quantitative estimate of drug-likeness (QED) is 0.766. The van der Waals surface area contributed by atoms with Gasteiger partial charge in [0.25, 0.3) is 0 Å². The molecule has 0 aliphatic heterocycles. The predicted octanol–water partition coefficient (Wildman–Crippen LogP) is 2.55. The second-order valence-electron chi connectivity index (χ2n) is 4.34. The minimum atomic E-state index is -0.903. The number of halogens is 1. The van der Waals surface area contributed by atoms with Crippen molar-refractivity contribution in [3.05, 3.63) is 28.2 Å². The number of urea groups is 1. The Hall–Kier alpha value is -2.07. The Morgan fingerprint density at radius 2 is 2.20 bits per heavy atom. The van der Waals surface area contributed by atoms with Crippen molar-refractivity contribution in [2.75, 3.05) is 11.9 Å². The van der Waals surface area contributed by atoms with E-state index in [4.69, 9.17) is 10.4 Å². The molecular weight excluding hydrogens is 326 g/mol. The number of anilines is 1. The molecule has 0 aliphatic carbocycles. The molecule has 106 valence electrons. The summed E-state index contributed by atoms with van der Waals surface area (Å²) in [4.78, 5) is 22.2. The molecule has 0 spiro atoms. The Kier molecular flexibility index (Phi) is 6.00. The van der Waals surface area contributed by atoms with Gasteiger partial charge in [-0.3, -0.25) is 4.79 Å². The van der Waals surface area contributed by atoms with Crippen molar-refractivity contribution < 1.29 is 14.7 Å². The first kappa shape index (κ1) is 16.0. The van der Waals surface area contributed by atoms with Crippen LogP contribution in [0.3, 0.4) is 0 Å². The van der Waals surface area contributed by atoms with Crippen molar-refractivity contribution >= 4 is 33.6 Å². The van der Waals surface area contributed by atoms with Gasteiger partial charge in [0.1, 0.15) is 6.07 Å². The summed E-state index contributed by atoms with van der Waals surface area (Å²) in [7, 11) is 0. The largest absolute Gasteiger partial charge is 0.481 e. The van der Waals surface area contributed by atoms with Gasteiger partial charge in [-0.15, -0.1) is 0 Å². The van der Waals surface area contributed by atoms with Crippen LogP contribution in [0.5, 0.6) is 0 Å². The van der Waals surface area contributed by atoms with Gasteiger partial charge in [-0.05, 0) is 24.1 Å². The second kappa shape index (κ2) is 7.50. The van der Waals surface area contributed by atoms with Crippen LogP contribution in [-0.2, 0) is 4.79 Å². The third-order valence-corrected chi connectivity index (χ3v) is 2.98. The number of rotatable bonds is 5. The van der Waals surface area contributed by atoms with E-state index in [0.29, 0.717) is 11.3 Å². The summed E-state index contributed by atoms with van der Waals surface area (Å²) >= 11 is 3.24. The molecule has 2 amide bonds. The van der Waals surface area contributed by atoms with Crippen LogP contribution < -0.4 is 10.6 Å². The van der Waals surface area contributed by atoms with Gasteiger partial charge in [-0.2, -0.15) is 5.26 Å². The molecule has 0 fully saturated rings. The molecule has 0 aliphatic rings. The first-order chi connectivity index (χ1) is 9.42. The highest BCUT2D eigenvalue weighted by atomic mass is 79.9. The number of benzene rings is 1. The maximum Gasteiger partial charge on any atom is 0.319 e. The van der Waals surface area contributed by atoms with E-state index in [2.05, 4.69) is 26.6 Å². The van der Waals surface area contributed by atoms with Crippen LogP contribution in [0.2, 0.25) is 0 Å². The standard InChI is InChI=1S/C13H14BrN3O3/c1-8(4-12(18)19)7-16-13(20)17-11-3-2-10(14)5-9(11)6-15/h2-3,5,8H,4,7H2,1H3,(H,18,19)(H2,16,17,20). The molecule has 0 saturated carbocycles. The minimum absolute atomic E-state index is 0.0119. The van der Waals surface area contributed by atoms with Gasteiger partial charge in [0.05, 0.1) is 11.3 Å². The molecular formula is C13H14BrN3O3. The molecule has 20 heavy (non-hydrogen) atoms. The number of carboxylic acid groups (broad SMARTS) is 1. The molecule has 3 N–H and O–H groups in total. The maximum atomic E-state index is 11.7. The summed E-state index contributed by atoms with van der Waals surface area (Å²) in [5, 5.41) is 22.7. The van der Waals surface area contributed by atoms with Crippen molar-refractivity contribution in [1.82, 2.24) is 5.32 Å². The van der Waals surface area contributed by atoms with Crippen LogP contribution in [0, 0.1) is 17.2 Å². The Morgan fingerprint density at radius 1 is 1.50 bits per heavy atom. The number of carboxylic acids is 1. The molecule has 1 rings (SSSR count). The van der Waals surface area contributed by atoms with Crippen LogP contribution in [0.15, 0.2) is 22.7 Å². The maximum absolute atomic E-state index is 11.7. The lowest BCUT2D eigenvalue weighted by Gasteiger charge is -2.12. The van der Waals surface area contributed by atoms with E-state index >= 15 is 0 Å². The molecule has 1 unspecified atom stereocenters. The smallest absolute Gasteiger partial charge is 0.319 e. The van der Waals surface area contributed by atoms with E-state index < -0.39 is 12.0 Å². The van der Waals surface area contributed by atoms with Crippen LogP contribution in [-0.4, -0.2) is 23.7 Å². The highest BCUT2D eigenvalue weighted by molar-refractivity contribution is 9.10. The van der Waals surface area contributed by atoms with Crippen molar-refractivity contribution in [2.24, 2.45) is 5.92 Å². The van der Waals surface area contributed by atoms with Crippen LogP contribution in [0.4, 0.5) is 10.5 Å². The molecule has 7 heteroatoms. The second-order valence-corrected chi connectivity index (χ2v) is 5.26. The molecule has 1 atom stereocenters. The van der Waals surface area contributed by atoms with Crippen molar-refractivity contribution in [3.8, 4) is 6.07 Å². The van der Waals surface area contributed by atoms with Gasteiger partial charge in [-0.1, -0.05) is 22.9 Å². The molecule has 0 bridgehead atoms. The lowest BCUT2D eigenvalue weighted by atomic mass is 10.1. The third kappa shape index (κ3) is 5.28. The monoisotopic (exact) mass is 339 g/mol. The summed E-state index contributed by atoms with van der Waals surface area (Å²) in [5.41, 5.74) is 0.743. The number of amides is 2. The summed E-state index contributed by atoms with van der Waals surface area (Å²) < 4.78 is 0.745. The fourth-order valence-electron chi connectivity index (χ4n) is 1.52. The molecule has 0 radical (unpaired) electrons. The van der Waals surface area contributed by atoms with Gasteiger partial charge in [-0.25, -0.2) is 4.79 Å². The average Bonchev–Trinajstić information content (AvgIpc) is 2.37. The number of carbonyl (C=O) groups excluding carboxylic acids is 1. The first-order valence-electron chi connectivity index (χ1n) is 5.88. The van der Waals surface area contributed by atoms with Gasteiger partial charge in [0, 0.05) is 17.4 Å². The minimum Gasteiger partial charge on any atom is -0.481 e. The summed E-state index contributed by atoms with van der Waals surface area (Å²) in [6.45, 7) is 1.98. The fourth-order valence-corrected chi connectivity index (χ4v) is 1.88. The van der Waals surface area contributed by atoms with Crippen LogP contribution in [0.25, 0.3) is 0 Å². The summed E-state index contributed by atoms with van der Waals surface area (Å²) in [5.74, 6) is -1.07. The number of aliphatic carboxylic acids is 1. The van der Waals surface area contributed by atoms with Gasteiger partial charge < -0.3 is 15.7 Å².